The molecule has 10 rings (SSSR count). The SMILES string of the molecule is CCC(C)(C)c1cc2c(cc1C(C)C)N(c1ccc3c(c1)C(C)(C)CCC3(C)C)c1cc(C)cc3c1B2c1oc2cc4c(cc2c1N3c1ccc(C(C)(C)C)cc1)C(C)(C)CCC4(C)C. The van der Waals surface area contributed by atoms with Crippen molar-refractivity contribution in [3.8, 4) is 0 Å². The Balaban J connectivity index is 1.34. The smallest absolute Gasteiger partial charge is 0.297 e. The van der Waals surface area contributed by atoms with Gasteiger partial charge in [0.05, 0.1) is 11.3 Å². The van der Waals surface area contributed by atoms with E-state index in [1.54, 1.807) is 0 Å². The molecule has 0 radical (unpaired) electrons. The second kappa shape index (κ2) is 14.2. The zero-order valence-electron chi connectivity index (χ0n) is 43.0. The van der Waals surface area contributed by atoms with Crippen molar-refractivity contribution in [3.05, 3.63) is 123 Å². The Labute approximate surface area is 392 Å². The molecule has 6 aromatic rings. The van der Waals surface area contributed by atoms with Crippen molar-refractivity contribution in [2.75, 3.05) is 9.80 Å². The van der Waals surface area contributed by atoms with Gasteiger partial charge in [-0.15, -0.1) is 0 Å². The van der Waals surface area contributed by atoms with Crippen molar-refractivity contribution in [2.45, 2.75) is 188 Å². The van der Waals surface area contributed by atoms with E-state index >= 15 is 0 Å². The summed E-state index contributed by atoms with van der Waals surface area (Å²) in [6.45, 7) is 40.7. The minimum absolute atomic E-state index is 0.0142. The fourth-order valence-corrected chi connectivity index (χ4v) is 12.4. The van der Waals surface area contributed by atoms with Gasteiger partial charge in [0.15, 0.2) is 0 Å². The van der Waals surface area contributed by atoms with E-state index in [2.05, 4.69) is 206 Å². The second-order valence-electron chi connectivity index (χ2n) is 25.5. The first kappa shape index (κ1) is 44.2. The van der Waals surface area contributed by atoms with Gasteiger partial charge in [-0.05, 0) is 187 Å². The molecule has 338 valence electrons. The number of hydrogen-bond donors (Lipinski definition) is 0. The van der Waals surface area contributed by atoms with Crippen molar-refractivity contribution in [1.29, 1.82) is 0 Å². The Morgan fingerprint density at radius 2 is 1.15 bits per heavy atom. The van der Waals surface area contributed by atoms with Gasteiger partial charge in [0.25, 0.3) is 6.71 Å². The molecule has 0 N–H and O–H groups in total. The molecule has 5 aromatic carbocycles. The minimum atomic E-state index is -0.0991. The van der Waals surface area contributed by atoms with Gasteiger partial charge in [-0.3, -0.25) is 0 Å². The van der Waals surface area contributed by atoms with E-state index in [0.29, 0.717) is 5.92 Å². The maximum absolute atomic E-state index is 7.62. The molecule has 0 saturated carbocycles. The Morgan fingerprint density at radius 3 is 1.72 bits per heavy atom. The third kappa shape index (κ3) is 6.64. The lowest BCUT2D eigenvalue weighted by Gasteiger charge is -2.45. The number of hydrogen-bond acceptors (Lipinski definition) is 3. The number of furan rings is 1. The zero-order chi connectivity index (χ0) is 46.7. The molecule has 2 aliphatic heterocycles. The van der Waals surface area contributed by atoms with Crippen LogP contribution < -0.4 is 26.4 Å². The fraction of sp³-hybridized carbons (Fsp3) is 0.475. The number of fused-ring (bicyclic) bond motifs is 8. The molecule has 2 aliphatic carbocycles. The van der Waals surface area contributed by atoms with Gasteiger partial charge in [-0.1, -0.05) is 135 Å². The highest BCUT2D eigenvalue weighted by Crippen LogP contribution is 2.54. The van der Waals surface area contributed by atoms with E-state index < -0.39 is 0 Å². The lowest BCUT2D eigenvalue weighted by molar-refractivity contribution is 0.332. The van der Waals surface area contributed by atoms with Crippen LogP contribution in [-0.2, 0) is 32.5 Å². The van der Waals surface area contributed by atoms with Gasteiger partial charge < -0.3 is 14.2 Å². The number of rotatable bonds is 5. The molecule has 4 heteroatoms. The standard InChI is InChI=1S/C61H75BN2O/c1-18-57(8,9)44-34-48-49(33-41(44)36(2)3)63(40-23-24-43-45(31-40)59(12,13)26-25-58(43,10)11)50-29-37(4)30-51-53(50)62(48)55-54(64(51)39-21-19-38(20-22-39)56(5,6)7)42-32-46-47(35-52(42)65-55)61(16,17)28-27-60(46,14)15/h19-24,29-36H,18,25-28H2,1-17H3. The van der Waals surface area contributed by atoms with Crippen LogP contribution in [0.3, 0.4) is 0 Å². The first-order valence-electron chi connectivity index (χ1n) is 25.1. The summed E-state index contributed by atoms with van der Waals surface area (Å²) in [7, 11) is 0. The predicted octanol–water partition coefficient (Wildman–Crippen LogP) is 15.6. The summed E-state index contributed by atoms with van der Waals surface area (Å²) in [6.07, 6.45) is 5.76. The average Bonchev–Trinajstić information content (AvgIpc) is 3.61. The summed E-state index contributed by atoms with van der Waals surface area (Å²) < 4.78 is 7.62. The molecule has 0 bridgehead atoms. The minimum Gasteiger partial charge on any atom is -0.468 e. The van der Waals surface area contributed by atoms with Gasteiger partial charge in [0, 0.05) is 33.8 Å². The van der Waals surface area contributed by atoms with E-state index in [0.717, 1.165) is 24.1 Å². The Hall–Kier alpha value is -4.70. The summed E-state index contributed by atoms with van der Waals surface area (Å²) >= 11 is 0. The van der Waals surface area contributed by atoms with Crippen LogP contribution in [0.4, 0.5) is 34.1 Å². The third-order valence-corrected chi connectivity index (χ3v) is 17.3. The van der Waals surface area contributed by atoms with Gasteiger partial charge in [-0.2, -0.15) is 0 Å². The molecule has 0 fully saturated rings. The highest BCUT2D eigenvalue weighted by molar-refractivity contribution is 7.00. The van der Waals surface area contributed by atoms with E-state index in [4.69, 9.17) is 4.42 Å². The molecule has 4 aliphatic rings. The van der Waals surface area contributed by atoms with Crippen molar-refractivity contribution in [1.82, 2.24) is 0 Å². The molecule has 3 nitrogen and oxygen atoms in total. The normalized spacial score (nSPS) is 18.9. The van der Waals surface area contributed by atoms with Crippen LogP contribution in [-0.4, -0.2) is 6.71 Å². The largest absolute Gasteiger partial charge is 0.468 e. The van der Waals surface area contributed by atoms with Gasteiger partial charge in [0.1, 0.15) is 5.58 Å². The number of anilines is 6. The maximum atomic E-state index is 7.62. The van der Waals surface area contributed by atoms with Crippen molar-refractivity contribution >= 4 is 68.4 Å². The summed E-state index contributed by atoms with van der Waals surface area (Å²) in [6, 6.07) is 32.1. The molecule has 1 aromatic heterocycles. The van der Waals surface area contributed by atoms with Crippen LogP contribution in [0.15, 0.2) is 83.3 Å². The van der Waals surface area contributed by atoms with E-state index in [1.165, 1.54) is 114 Å². The molecule has 0 atom stereocenters. The molecule has 0 amide bonds. The quantitative estimate of drug-likeness (QED) is 0.161. The molecule has 0 spiro atoms. The number of aryl methyl sites for hydroxylation is 1. The maximum Gasteiger partial charge on any atom is 0.297 e. The Morgan fingerprint density at radius 1 is 0.615 bits per heavy atom. The highest BCUT2D eigenvalue weighted by atomic mass is 16.3. The molecule has 3 heterocycles. The topological polar surface area (TPSA) is 19.6 Å². The highest BCUT2D eigenvalue weighted by Gasteiger charge is 2.49. The number of nitrogens with zero attached hydrogens (tertiary/aromatic N) is 2. The van der Waals surface area contributed by atoms with Crippen molar-refractivity contribution < 1.29 is 4.42 Å². The molecule has 0 unspecified atom stereocenters. The first-order chi connectivity index (χ1) is 30.3. The third-order valence-electron chi connectivity index (χ3n) is 17.3. The molecule has 0 saturated heterocycles. The van der Waals surface area contributed by atoms with Crippen LogP contribution in [0, 0.1) is 6.92 Å². The van der Waals surface area contributed by atoms with Crippen LogP contribution in [0.25, 0.3) is 11.0 Å². The lowest BCUT2D eigenvalue weighted by Crippen LogP contribution is -2.61. The first-order valence-corrected chi connectivity index (χ1v) is 25.1. The van der Waals surface area contributed by atoms with Gasteiger partial charge in [-0.25, -0.2) is 0 Å². The monoisotopic (exact) mass is 863 g/mol. The summed E-state index contributed by atoms with van der Waals surface area (Å²) in [5.74, 6) is 0.360. The number of benzene rings is 5. The fourth-order valence-electron chi connectivity index (χ4n) is 12.4. The van der Waals surface area contributed by atoms with Crippen LogP contribution in [0.5, 0.6) is 0 Å². The summed E-state index contributed by atoms with van der Waals surface area (Å²) in [4.78, 5) is 5.24. The Bertz CT molecular complexity index is 2930. The summed E-state index contributed by atoms with van der Waals surface area (Å²) in [5, 5.41) is 1.22. The van der Waals surface area contributed by atoms with E-state index in [9.17, 15) is 0 Å². The van der Waals surface area contributed by atoms with Crippen molar-refractivity contribution in [2.24, 2.45) is 0 Å². The van der Waals surface area contributed by atoms with Crippen molar-refractivity contribution in [3.63, 3.8) is 0 Å². The van der Waals surface area contributed by atoms with E-state index in [1.807, 2.05) is 0 Å². The second-order valence-corrected chi connectivity index (χ2v) is 25.5. The summed E-state index contributed by atoms with van der Waals surface area (Å²) in [5.41, 5.74) is 23.8. The van der Waals surface area contributed by atoms with E-state index in [-0.39, 0.29) is 39.2 Å². The van der Waals surface area contributed by atoms with Crippen LogP contribution in [0.2, 0.25) is 0 Å². The molecular weight excluding hydrogens is 787 g/mol. The lowest BCUT2D eigenvalue weighted by atomic mass is 9.35. The van der Waals surface area contributed by atoms with Crippen LogP contribution in [0.1, 0.15) is 193 Å². The Kier molecular flexibility index (Phi) is 9.62. The van der Waals surface area contributed by atoms with Gasteiger partial charge in [0.2, 0.25) is 0 Å². The van der Waals surface area contributed by atoms with Crippen LogP contribution >= 0.6 is 0 Å². The zero-order valence-corrected chi connectivity index (χ0v) is 43.0. The average molecular weight is 863 g/mol. The molecule has 65 heavy (non-hydrogen) atoms. The molecular formula is C61H75BN2O. The van der Waals surface area contributed by atoms with Gasteiger partial charge >= 0.3 is 0 Å². The predicted molar refractivity (Wildman–Crippen MR) is 282 cm³/mol.